The number of rotatable bonds is 8. The number of unbranched alkanes of at least 4 members (excludes halogenated alkanes) is 2. The minimum absolute atomic E-state index is 0.500. The summed E-state index contributed by atoms with van der Waals surface area (Å²) in [7, 11) is -3.24. The molecule has 3 aromatic carbocycles. The quantitative estimate of drug-likeness (QED) is 0.400. The summed E-state index contributed by atoms with van der Waals surface area (Å²) in [6, 6.07) is 19.2. The zero-order chi connectivity index (χ0) is 20.2. The Bertz CT molecular complexity index is 1050. The Morgan fingerprint density at radius 1 is 0.786 bits per heavy atom. The average Bonchev–Trinajstić information content (AvgIpc) is 2.64. The Labute approximate surface area is 168 Å². The molecule has 0 aliphatic rings. The third-order valence-electron chi connectivity index (χ3n) is 5.01. The van der Waals surface area contributed by atoms with Gasteiger partial charge in [-0.05, 0) is 68.0 Å². The van der Waals surface area contributed by atoms with Gasteiger partial charge in [-0.2, -0.15) is 0 Å². The van der Waals surface area contributed by atoms with Crippen molar-refractivity contribution in [2.24, 2.45) is 0 Å². The van der Waals surface area contributed by atoms with Crippen LogP contribution in [0.25, 0.3) is 21.5 Å². The lowest BCUT2D eigenvalue weighted by Gasteiger charge is -2.19. The molecule has 150 valence electrons. The van der Waals surface area contributed by atoms with Crippen molar-refractivity contribution in [3.8, 4) is 0 Å². The van der Waals surface area contributed by atoms with Crippen molar-refractivity contribution in [2.45, 2.75) is 44.8 Å². The van der Waals surface area contributed by atoms with Gasteiger partial charge in [-0.15, -0.1) is 0 Å². The topological polar surface area (TPSA) is 58.2 Å². The molecule has 0 amide bonds. The molecule has 0 aliphatic heterocycles. The molecule has 0 heterocycles. The first-order valence-electron chi connectivity index (χ1n) is 9.92. The predicted molar refractivity (Wildman–Crippen MR) is 120 cm³/mol. The first kappa shape index (κ1) is 20.6. The summed E-state index contributed by atoms with van der Waals surface area (Å²) in [4.78, 5) is 0. The smallest absolute Gasteiger partial charge is 0.216 e. The molecule has 4 nitrogen and oxygen atoms in total. The Kier molecular flexibility index (Phi) is 6.26. The van der Waals surface area contributed by atoms with Gasteiger partial charge in [0.2, 0.25) is 10.0 Å². The van der Waals surface area contributed by atoms with E-state index in [4.69, 9.17) is 0 Å². The highest BCUT2D eigenvalue weighted by atomic mass is 32.2. The maximum Gasteiger partial charge on any atom is 0.216 e. The van der Waals surface area contributed by atoms with Crippen LogP contribution in [0.1, 0.15) is 40.0 Å². The number of hydrogen-bond acceptors (Lipinski definition) is 3. The molecule has 5 heteroatoms. The second-order valence-electron chi connectivity index (χ2n) is 8.22. The van der Waals surface area contributed by atoms with Crippen LogP contribution in [0, 0.1) is 0 Å². The normalized spacial score (nSPS) is 12.5. The number of sulfonamides is 1. The van der Waals surface area contributed by atoms with Gasteiger partial charge in [0, 0.05) is 24.2 Å². The summed E-state index contributed by atoms with van der Waals surface area (Å²) in [6.07, 6.45) is 2.83. The van der Waals surface area contributed by atoms with E-state index in [2.05, 4.69) is 64.6 Å². The van der Waals surface area contributed by atoms with Crippen LogP contribution in [0.5, 0.6) is 0 Å². The molecule has 0 saturated heterocycles. The lowest BCUT2D eigenvalue weighted by Crippen LogP contribution is -2.39. The standard InChI is InChI=1S/C23H30N2O2S/c1-23(2,3)28(26,27)25-15-8-4-7-14-24-22-13-9-12-20-16-18-10-5-6-11-19(18)17-21(20)22/h5-6,9-13,16-17,24-25H,4,7-8,14-15H2,1-3H3. The maximum absolute atomic E-state index is 12.0. The number of benzene rings is 3. The van der Waals surface area contributed by atoms with Crippen LogP contribution >= 0.6 is 0 Å². The number of anilines is 1. The third-order valence-corrected chi connectivity index (χ3v) is 7.21. The lowest BCUT2D eigenvalue weighted by molar-refractivity contribution is 0.540. The van der Waals surface area contributed by atoms with E-state index in [0.717, 1.165) is 31.5 Å². The first-order valence-corrected chi connectivity index (χ1v) is 11.4. The van der Waals surface area contributed by atoms with Gasteiger partial charge in [0.25, 0.3) is 0 Å². The van der Waals surface area contributed by atoms with Crippen LogP contribution in [0.2, 0.25) is 0 Å². The Hall–Kier alpha value is -2.11. The molecule has 0 spiro atoms. The monoisotopic (exact) mass is 398 g/mol. The molecule has 3 aromatic rings. The number of hydrogen-bond donors (Lipinski definition) is 2. The van der Waals surface area contributed by atoms with Crippen LogP contribution in [-0.2, 0) is 10.0 Å². The van der Waals surface area contributed by atoms with Crippen LogP contribution in [0.15, 0.2) is 54.6 Å². The van der Waals surface area contributed by atoms with Crippen molar-refractivity contribution in [1.29, 1.82) is 0 Å². The van der Waals surface area contributed by atoms with Crippen molar-refractivity contribution in [3.05, 3.63) is 54.6 Å². The first-order chi connectivity index (χ1) is 13.3. The van der Waals surface area contributed by atoms with E-state index in [9.17, 15) is 8.42 Å². The van der Waals surface area contributed by atoms with Crippen molar-refractivity contribution < 1.29 is 8.42 Å². The Morgan fingerprint density at radius 2 is 1.43 bits per heavy atom. The maximum atomic E-state index is 12.0. The molecule has 3 rings (SSSR count). The molecule has 0 atom stereocenters. The SMILES string of the molecule is CC(C)(C)S(=O)(=O)NCCCCCNc1cccc2cc3ccccc3cc12. The fourth-order valence-corrected chi connectivity index (χ4v) is 4.04. The molecule has 0 radical (unpaired) electrons. The van der Waals surface area contributed by atoms with E-state index in [0.29, 0.717) is 6.54 Å². The highest BCUT2D eigenvalue weighted by Gasteiger charge is 2.27. The van der Waals surface area contributed by atoms with Gasteiger partial charge in [0.05, 0.1) is 4.75 Å². The lowest BCUT2D eigenvalue weighted by atomic mass is 10.0. The zero-order valence-electron chi connectivity index (χ0n) is 17.0. The van der Waals surface area contributed by atoms with E-state index in [1.165, 1.54) is 21.5 Å². The molecule has 0 fully saturated rings. The largest absolute Gasteiger partial charge is 0.385 e. The van der Waals surface area contributed by atoms with E-state index < -0.39 is 14.8 Å². The van der Waals surface area contributed by atoms with Gasteiger partial charge in [-0.25, -0.2) is 13.1 Å². The van der Waals surface area contributed by atoms with Crippen LogP contribution in [-0.4, -0.2) is 26.3 Å². The Morgan fingerprint density at radius 3 is 2.14 bits per heavy atom. The highest BCUT2D eigenvalue weighted by Crippen LogP contribution is 2.28. The molecule has 0 aliphatic carbocycles. The van der Waals surface area contributed by atoms with Gasteiger partial charge in [-0.3, -0.25) is 0 Å². The molecule has 0 bridgehead atoms. The molecule has 28 heavy (non-hydrogen) atoms. The number of nitrogens with one attached hydrogen (secondary N) is 2. The molecular formula is C23H30N2O2S. The van der Waals surface area contributed by atoms with E-state index >= 15 is 0 Å². The van der Waals surface area contributed by atoms with E-state index in [1.807, 2.05) is 0 Å². The fourth-order valence-electron chi connectivity index (χ4n) is 3.19. The van der Waals surface area contributed by atoms with Crippen LogP contribution in [0.3, 0.4) is 0 Å². The summed E-state index contributed by atoms with van der Waals surface area (Å²) in [5.41, 5.74) is 1.15. The molecule has 0 saturated carbocycles. The minimum atomic E-state index is -3.24. The van der Waals surface area contributed by atoms with Crippen molar-refractivity contribution >= 4 is 37.3 Å². The number of fused-ring (bicyclic) bond motifs is 2. The summed E-state index contributed by atoms with van der Waals surface area (Å²) >= 11 is 0. The zero-order valence-corrected chi connectivity index (χ0v) is 17.8. The summed E-state index contributed by atoms with van der Waals surface area (Å²) in [6.45, 7) is 6.52. The second kappa shape index (κ2) is 8.50. The van der Waals surface area contributed by atoms with Gasteiger partial charge in [0.1, 0.15) is 0 Å². The van der Waals surface area contributed by atoms with Crippen molar-refractivity contribution in [2.75, 3.05) is 18.4 Å². The second-order valence-corrected chi connectivity index (χ2v) is 10.7. The summed E-state index contributed by atoms with van der Waals surface area (Å²) in [5, 5.41) is 8.52. The van der Waals surface area contributed by atoms with Crippen LogP contribution in [0.4, 0.5) is 5.69 Å². The van der Waals surface area contributed by atoms with Crippen molar-refractivity contribution in [3.63, 3.8) is 0 Å². The van der Waals surface area contributed by atoms with Crippen LogP contribution < -0.4 is 10.0 Å². The summed E-state index contributed by atoms with van der Waals surface area (Å²) < 4.78 is 26.0. The molecule has 0 unspecified atom stereocenters. The fraction of sp³-hybridized carbons (Fsp3) is 0.391. The highest BCUT2D eigenvalue weighted by molar-refractivity contribution is 7.90. The third kappa shape index (κ3) is 4.83. The van der Waals surface area contributed by atoms with Gasteiger partial charge < -0.3 is 5.32 Å². The van der Waals surface area contributed by atoms with Crippen molar-refractivity contribution in [1.82, 2.24) is 4.72 Å². The van der Waals surface area contributed by atoms with E-state index in [1.54, 1.807) is 20.8 Å². The average molecular weight is 399 g/mol. The van der Waals surface area contributed by atoms with Gasteiger partial charge in [0.15, 0.2) is 0 Å². The Balaban J connectivity index is 1.51. The molecular weight excluding hydrogens is 368 g/mol. The summed E-state index contributed by atoms with van der Waals surface area (Å²) in [5.74, 6) is 0. The van der Waals surface area contributed by atoms with E-state index in [-0.39, 0.29) is 0 Å². The van der Waals surface area contributed by atoms with Gasteiger partial charge in [-0.1, -0.05) is 42.8 Å². The molecule has 0 aromatic heterocycles. The predicted octanol–water partition coefficient (Wildman–Crippen LogP) is 5.29. The minimum Gasteiger partial charge on any atom is -0.385 e. The molecule has 2 N–H and O–H groups in total. The van der Waals surface area contributed by atoms with Gasteiger partial charge >= 0.3 is 0 Å².